The lowest BCUT2D eigenvalue weighted by molar-refractivity contribution is 0.0940. The highest BCUT2D eigenvalue weighted by molar-refractivity contribution is 5.93. The van der Waals surface area contributed by atoms with E-state index in [-0.39, 0.29) is 18.2 Å². The van der Waals surface area contributed by atoms with E-state index >= 15 is 0 Å². The summed E-state index contributed by atoms with van der Waals surface area (Å²) in [6, 6.07) is 17.1. The highest BCUT2D eigenvalue weighted by atomic mass is 16.5. The van der Waals surface area contributed by atoms with Crippen molar-refractivity contribution >= 4 is 5.91 Å². The summed E-state index contributed by atoms with van der Waals surface area (Å²) in [6.45, 7) is 3.17. The molecule has 0 radical (unpaired) electrons. The van der Waals surface area contributed by atoms with Gasteiger partial charge in [0.25, 0.3) is 5.91 Å². The maximum Gasteiger partial charge on any atom is 0.274 e. The van der Waals surface area contributed by atoms with Crippen LogP contribution in [-0.4, -0.2) is 34.6 Å². The molecule has 7 nitrogen and oxygen atoms in total. The third-order valence-electron chi connectivity index (χ3n) is 3.95. The molecule has 3 aromatic rings. The highest BCUT2D eigenvalue weighted by Crippen LogP contribution is 2.18. The number of carbonyl (C=O) groups is 1. The van der Waals surface area contributed by atoms with Crippen LogP contribution in [-0.2, 0) is 17.9 Å². The van der Waals surface area contributed by atoms with E-state index in [1.165, 1.54) is 0 Å². The van der Waals surface area contributed by atoms with Gasteiger partial charge in [0.2, 0.25) is 0 Å². The van der Waals surface area contributed by atoms with Crippen LogP contribution in [0.4, 0.5) is 0 Å². The van der Waals surface area contributed by atoms with Crippen LogP contribution in [0.25, 0.3) is 5.69 Å². The van der Waals surface area contributed by atoms with Gasteiger partial charge in [0.1, 0.15) is 11.4 Å². The summed E-state index contributed by atoms with van der Waals surface area (Å²) in [7, 11) is 1.57. The lowest BCUT2D eigenvalue weighted by atomic mass is 10.2. The summed E-state index contributed by atoms with van der Waals surface area (Å²) in [6.07, 6.45) is 0. The van der Waals surface area contributed by atoms with E-state index in [0.717, 1.165) is 17.0 Å². The standard InChI is InChI=1S/C20H22N4O3/c1-3-27-17-11-9-16(10-12-17)24-18(14-26-2)19(22-23-24)20(25)21-13-15-7-5-4-6-8-15/h4-12H,3,13-14H2,1-2H3,(H,21,25). The zero-order valence-electron chi connectivity index (χ0n) is 15.4. The molecule has 1 N–H and O–H groups in total. The molecular formula is C20H22N4O3. The van der Waals surface area contributed by atoms with Crippen LogP contribution in [0.2, 0.25) is 0 Å². The van der Waals surface area contributed by atoms with Crippen LogP contribution in [0.15, 0.2) is 54.6 Å². The first-order chi connectivity index (χ1) is 13.2. The molecule has 1 aromatic heterocycles. The molecule has 27 heavy (non-hydrogen) atoms. The van der Waals surface area contributed by atoms with E-state index in [4.69, 9.17) is 9.47 Å². The minimum Gasteiger partial charge on any atom is -0.494 e. The Morgan fingerprint density at radius 2 is 1.85 bits per heavy atom. The summed E-state index contributed by atoms with van der Waals surface area (Å²) in [5, 5.41) is 11.1. The van der Waals surface area contributed by atoms with Gasteiger partial charge in [0.15, 0.2) is 5.69 Å². The van der Waals surface area contributed by atoms with Crippen molar-refractivity contribution in [2.24, 2.45) is 0 Å². The van der Waals surface area contributed by atoms with E-state index in [2.05, 4.69) is 15.6 Å². The summed E-state index contributed by atoms with van der Waals surface area (Å²) >= 11 is 0. The lowest BCUT2D eigenvalue weighted by Crippen LogP contribution is -2.24. The predicted molar refractivity (Wildman–Crippen MR) is 101 cm³/mol. The Labute approximate surface area is 157 Å². The molecule has 0 aliphatic rings. The van der Waals surface area contributed by atoms with Crippen molar-refractivity contribution in [3.8, 4) is 11.4 Å². The van der Waals surface area contributed by atoms with E-state index in [1.807, 2.05) is 61.5 Å². The molecular weight excluding hydrogens is 344 g/mol. The van der Waals surface area contributed by atoms with Gasteiger partial charge in [-0.05, 0) is 36.8 Å². The Bertz CT molecular complexity index is 876. The first-order valence-corrected chi connectivity index (χ1v) is 8.71. The Morgan fingerprint density at radius 3 is 2.52 bits per heavy atom. The minimum absolute atomic E-state index is 0.217. The van der Waals surface area contributed by atoms with E-state index in [1.54, 1.807) is 11.8 Å². The molecule has 0 fully saturated rings. The van der Waals surface area contributed by atoms with Crippen molar-refractivity contribution in [2.45, 2.75) is 20.1 Å². The first-order valence-electron chi connectivity index (χ1n) is 8.71. The molecule has 7 heteroatoms. The molecule has 0 aliphatic heterocycles. The van der Waals surface area contributed by atoms with Gasteiger partial charge >= 0.3 is 0 Å². The first kappa shape index (κ1) is 18.6. The van der Waals surface area contributed by atoms with Crippen molar-refractivity contribution in [1.29, 1.82) is 0 Å². The van der Waals surface area contributed by atoms with Crippen molar-refractivity contribution in [3.63, 3.8) is 0 Å². The monoisotopic (exact) mass is 366 g/mol. The number of hydrogen-bond acceptors (Lipinski definition) is 5. The predicted octanol–water partition coefficient (Wildman–Crippen LogP) is 2.74. The zero-order chi connectivity index (χ0) is 19.1. The molecule has 0 unspecified atom stereocenters. The molecule has 1 amide bonds. The number of nitrogens with zero attached hydrogens (tertiary/aromatic N) is 3. The fourth-order valence-electron chi connectivity index (χ4n) is 2.66. The summed E-state index contributed by atoms with van der Waals surface area (Å²) in [5.41, 5.74) is 2.63. The van der Waals surface area contributed by atoms with Crippen LogP contribution in [0.3, 0.4) is 0 Å². The minimum atomic E-state index is -0.289. The van der Waals surface area contributed by atoms with Gasteiger partial charge in [-0.1, -0.05) is 35.5 Å². The topological polar surface area (TPSA) is 78.3 Å². The fraction of sp³-hybridized carbons (Fsp3) is 0.250. The van der Waals surface area contributed by atoms with Crippen molar-refractivity contribution in [2.75, 3.05) is 13.7 Å². The molecule has 3 rings (SSSR count). The molecule has 0 saturated carbocycles. The van der Waals surface area contributed by atoms with Crippen LogP contribution >= 0.6 is 0 Å². The number of benzene rings is 2. The SMILES string of the molecule is CCOc1ccc(-n2nnc(C(=O)NCc3ccccc3)c2COC)cc1. The third-order valence-corrected chi connectivity index (χ3v) is 3.95. The average molecular weight is 366 g/mol. The van der Waals surface area contributed by atoms with Gasteiger partial charge in [-0.25, -0.2) is 4.68 Å². The van der Waals surface area contributed by atoms with Crippen LogP contribution in [0, 0.1) is 0 Å². The van der Waals surface area contributed by atoms with Gasteiger partial charge < -0.3 is 14.8 Å². The molecule has 0 atom stereocenters. The van der Waals surface area contributed by atoms with Crippen LogP contribution < -0.4 is 10.1 Å². The van der Waals surface area contributed by atoms with E-state index < -0.39 is 0 Å². The number of hydrogen-bond donors (Lipinski definition) is 1. The second-order valence-corrected chi connectivity index (χ2v) is 5.82. The molecule has 0 saturated heterocycles. The highest BCUT2D eigenvalue weighted by Gasteiger charge is 2.20. The second-order valence-electron chi connectivity index (χ2n) is 5.82. The number of methoxy groups -OCH3 is 1. The Kier molecular flexibility index (Phi) is 6.17. The Balaban J connectivity index is 1.80. The second kappa shape index (κ2) is 8.95. The largest absolute Gasteiger partial charge is 0.494 e. The van der Waals surface area contributed by atoms with Crippen LogP contribution in [0.1, 0.15) is 28.7 Å². The van der Waals surface area contributed by atoms with Crippen molar-refractivity contribution < 1.29 is 14.3 Å². The molecule has 2 aromatic carbocycles. The smallest absolute Gasteiger partial charge is 0.274 e. The summed E-state index contributed by atoms with van der Waals surface area (Å²) in [4.78, 5) is 12.6. The normalized spacial score (nSPS) is 10.6. The van der Waals surface area contributed by atoms with E-state index in [9.17, 15) is 4.79 Å². The molecule has 1 heterocycles. The maximum atomic E-state index is 12.6. The van der Waals surface area contributed by atoms with E-state index in [0.29, 0.717) is 18.8 Å². The molecule has 140 valence electrons. The molecule has 0 aliphatic carbocycles. The summed E-state index contributed by atoms with van der Waals surface area (Å²) < 4.78 is 12.3. The Hall–Kier alpha value is -3.19. The number of amides is 1. The Morgan fingerprint density at radius 1 is 1.11 bits per heavy atom. The lowest BCUT2D eigenvalue weighted by Gasteiger charge is -2.09. The average Bonchev–Trinajstić information content (AvgIpc) is 3.12. The van der Waals surface area contributed by atoms with Gasteiger partial charge in [-0.3, -0.25) is 4.79 Å². The van der Waals surface area contributed by atoms with Gasteiger partial charge in [0, 0.05) is 13.7 Å². The summed E-state index contributed by atoms with van der Waals surface area (Å²) in [5.74, 6) is 0.485. The zero-order valence-corrected chi connectivity index (χ0v) is 15.4. The van der Waals surface area contributed by atoms with Crippen molar-refractivity contribution in [1.82, 2.24) is 20.3 Å². The third kappa shape index (κ3) is 4.51. The van der Waals surface area contributed by atoms with Gasteiger partial charge in [-0.2, -0.15) is 0 Å². The molecule has 0 spiro atoms. The number of ether oxygens (including phenoxy) is 2. The number of nitrogens with one attached hydrogen (secondary N) is 1. The molecule has 0 bridgehead atoms. The fourth-order valence-corrected chi connectivity index (χ4v) is 2.66. The maximum absolute atomic E-state index is 12.6. The van der Waals surface area contributed by atoms with Gasteiger partial charge in [-0.15, -0.1) is 5.10 Å². The number of aromatic nitrogens is 3. The number of rotatable bonds is 8. The quantitative estimate of drug-likeness (QED) is 0.663. The van der Waals surface area contributed by atoms with Gasteiger partial charge in [0.05, 0.1) is 18.9 Å². The van der Waals surface area contributed by atoms with Crippen LogP contribution in [0.5, 0.6) is 5.75 Å². The number of carbonyl (C=O) groups excluding carboxylic acids is 1. The van der Waals surface area contributed by atoms with Crippen molar-refractivity contribution in [3.05, 3.63) is 71.5 Å².